The maximum Gasteiger partial charge on any atom is 0.205 e. The highest BCUT2D eigenvalue weighted by molar-refractivity contribution is 9.10. The number of fused-ring (bicyclic) bond motifs is 1. The number of aryl methyl sites for hydroxylation is 1. The van der Waals surface area contributed by atoms with Gasteiger partial charge < -0.3 is 5.73 Å². The molecule has 0 atom stereocenters. The van der Waals surface area contributed by atoms with Gasteiger partial charge in [-0.3, -0.25) is 4.57 Å². The predicted molar refractivity (Wildman–Crippen MR) is 90.3 cm³/mol. The van der Waals surface area contributed by atoms with Crippen molar-refractivity contribution in [3.63, 3.8) is 0 Å². The van der Waals surface area contributed by atoms with E-state index >= 15 is 0 Å². The monoisotopic (exact) mass is 393 g/mol. The number of imidazole rings is 1. The van der Waals surface area contributed by atoms with Crippen LogP contribution in [0.4, 0.5) is 5.95 Å². The molecular weight excluding hydrogens is 382 g/mol. The number of benzene rings is 2. The third-order valence-electron chi connectivity index (χ3n) is 3.31. The van der Waals surface area contributed by atoms with Gasteiger partial charge in [-0.15, -0.1) is 0 Å². The van der Waals surface area contributed by atoms with Crippen LogP contribution in [0, 0.1) is 0 Å². The molecule has 20 heavy (non-hydrogen) atoms. The fraction of sp³-hybridized carbons (Fsp3) is 0.133. The summed E-state index contributed by atoms with van der Waals surface area (Å²) < 4.78 is 4.09. The lowest BCUT2D eigenvalue weighted by molar-refractivity contribution is 1.04. The Kier molecular flexibility index (Phi) is 3.56. The lowest BCUT2D eigenvalue weighted by Gasteiger charge is -2.12. The van der Waals surface area contributed by atoms with Crippen molar-refractivity contribution in [2.75, 3.05) is 5.73 Å². The summed E-state index contributed by atoms with van der Waals surface area (Å²) in [4.78, 5) is 4.44. The molecule has 0 aliphatic carbocycles. The van der Waals surface area contributed by atoms with Crippen molar-refractivity contribution in [3.8, 4) is 5.69 Å². The Morgan fingerprint density at radius 1 is 1.10 bits per heavy atom. The topological polar surface area (TPSA) is 43.8 Å². The average Bonchev–Trinajstić information content (AvgIpc) is 2.74. The molecule has 0 saturated carbocycles. The van der Waals surface area contributed by atoms with E-state index in [9.17, 15) is 0 Å². The van der Waals surface area contributed by atoms with E-state index in [4.69, 9.17) is 5.73 Å². The summed E-state index contributed by atoms with van der Waals surface area (Å²) in [5.74, 6) is 0.509. The molecular formula is C15H13Br2N3. The Balaban J connectivity index is 2.34. The zero-order valence-electron chi connectivity index (χ0n) is 10.9. The van der Waals surface area contributed by atoms with Crippen LogP contribution < -0.4 is 5.73 Å². The van der Waals surface area contributed by atoms with Gasteiger partial charge in [-0.1, -0.05) is 38.8 Å². The minimum Gasteiger partial charge on any atom is -0.369 e. The molecule has 1 aromatic heterocycles. The number of hydrogen-bond acceptors (Lipinski definition) is 2. The number of hydrogen-bond donors (Lipinski definition) is 1. The molecule has 0 fully saturated rings. The van der Waals surface area contributed by atoms with E-state index < -0.39 is 0 Å². The van der Waals surface area contributed by atoms with E-state index in [1.165, 1.54) is 5.56 Å². The number of nitrogens with zero attached hydrogens (tertiary/aromatic N) is 2. The van der Waals surface area contributed by atoms with Crippen LogP contribution >= 0.6 is 31.9 Å². The van der Waals surface area contributed by atoms with Crippen molar-refractivity contribution in [2.45, 2.75) is 13.3 Å². The van der Waals surface area contributed by atoms with Crippen LogP contribution in [-0.2, 0) is 6.42 Å². The Hall–Kier alpha value is -1.33. The largest absolute Gasteiger partial charge is 0.369 e. The van der Waals surface area contributed by atoms with Crippen molar-refractivity contribution in [2.24, 2.45) is 0 Å². The molecule has 0 unspecified atom stereocenters. The Bertz CT molecular complexity index is 793. The third-order valence-corrected chi connectivity index (χ3v) is 4.29. The smallest absolute Gasteiger partial charge is 0.205 e. The van der Waals surface area contributed by atoms with Crippen LogP contribution in [0.15, 0.2) is 45.3 Å². The van der Waals surface area contributed by atoms with Crippen molar-refractivity contribution in [3.05, 3.63) is 50.9 Å². The summed E-state index contributed by atoms with van der Waals surface area (Å²) in [5, 5.41) is 0. The molecule has 0 amide bonds. The van der Waals surface area contributed by atoms with Crippen LogP contribution in [0.1, 0.15) is 12.5 Å². The molecule has 0 spiro atoms. The summed E-state index contributed by atoms with van der Waals surface area (Å²) in [6.07, 6.45) is 0.932. The van der Waals surface area contributed by atoms with E-state index in [0.717, 1.165) is 32.1 Å². The van der Waals surface area contributed by atoms with Crippen LogP contribution in [0.3, 0.4) is 0 Å². The molecule has 5 heteroatoms. The molecule has 2 aromatic carbocycles. The fourth-order valence-electron chi connectivity index (χ4n) is 2.38. The Labute approximate surface area is 134 Å². The van der Waals surface area contributed by atoms with Gasteiger partial charge in [-0.25, -0.2) is 4.98 Å². The van der Waals surface area contributed by atoms with Crippen molar-refractivity contribution in [1.29, 1.82) is 0 Å². The number of aromatic nitrogens is 2. The van der Waals surface area contributed by atoms with Gasteiger partial charge >= 0.3 is 0 Å². The lowest BCUT2D eigenvalue weighted by Crippen LogP contribution is -2.03. The highest BCUT2D eigenvalue weighted by atomic mass is 79.9. The first-order valence-corrected chi connectivity index (χ1v) is 7.91. The molecule has 3 nitrogen and oxygen atoms in total. The molecule has 0 saturated heterocycles. The van der Waals surface area contributed by atoms with Crippen LogP contribution in [0.2, 0.25) is 0 Å². The highest BCUT2D eigenvalue weighted by Crippen LogP contribution is 2.29. The molecule has 0 aliphatic rings. The van der Waals surface area contributed by atoms with Gasteiger partial charge in [0.05, 0.1) is 16.7 Å². The van der Waals surface area contributed by atoms with Crippen LogP contribution in [0.25, 0.3) is 16.7 Å². The van der Waals surface area contributed by atoms with Gasteiger partial charge in [0, 0.05) is 8.95 Å². The van der Waals surface area contributed by atoms with Crippen LogP contribution in [-0.4, -0.2) is 9.55 Å². The summed E-state index contributed by atoms with van der Waals surface area (Å²) in [7, 11) is 0. The second kappa shape index (κ2) is 5.22. The third kappa shape index (κ3) is 2.25. The number of rotatable bonds is 2. The fourth-order valence-corrected chi connectivity index (χ4v) is 3.13. The highest BCUT2D eigenvalue weighted by Gasteiger charge is 2.13. The van der Waals surface area contributed by atoms with E-state index in [-0.39, 0.29) is 0 Å². The molecule has 0 bridgehead atoms. The van der Waals surface area contributed by atoms with E-state index in [1.807, 2.05) is 28.8 Å². The van der Waals surface area contributed by atoms with Gasteiger partial charge in [-0.05, 0) is 48.4 Å². The Morgan fingerprint density at radius 2 is 1.80 bits per heavy atom. The molecule has 0 aliphatic heterocycles. The average molecular weight is 395 g/mol. The standard InChI is InChI=1S/C15H13Br2N3/c1-2-9-7-10(16)4-6-13(9)20-14-8-11(17)3-5-12(14)19-15(20)18/h3-8H,2H2,1H3,(H2,18,19). The molecule has 0 radical (unpaired) electrons. The summed E-state index contributed by atoms with van der Waals surface area (Å²) >= 11 is 7.02. The predicted octanol–water partition coefficient (Wildman–Crippen LogP) is 4.70. The van der Waals surface area contributed by atoms with E-state index in [1.54, 1.807) is 0 Å². The van der Waals surface area contributed by atoms with Gasteiger partial charge in [0.1, 0.15) is 0 Å². The first-order valence-electron chi connectivity index (χ1n) is 6.32. The van der Waals surface area contributed by atoms with Gasteiger partial charge in [0.2, 0.25) is 5.95 Å². The number of halogens is 2. The van der Waals surface area contributed by atoms with E-state index in [2.05, 4.69) is 55.9 Å². The quantitative estimate of drug-likeness (QED) is 0.684. The Morgan fingerprint density at radius 3 is 2.55 bits per heavy atom. The SMILES string of the molecule is CCc1cc(Br)ccc1-n1c(N)nc2ccc(Br)cc21. The zero-order valence-corrected chi connectivity index (χ0v) is 14.1. The summed E-state index contributed by atoms with van der Waals surface area (Å²) in [6, 6.07) is 12.2. The van der Waals surface area contributed by atoms with Gasteiger partial charge in [0.15, 0.2) is 0 Å². The summed E-state index contributed by atoms with van der Waals surface area (Å²) in [5.41, 5.74) is 10.3. The first-order chi connectivity index (χ1) is 9.60. The van der Waals surface area contributed by atoms with E-state index in [0.29, 0.717) is 5.95 Å². The molecule has 3 aromatic rings. The second-order valence-corrected chi connectivity index (χ2v) is 6.40. The van der Waals surface area contributed by atoms with Crippen molar-refractivity contribution in [1.82, 2.24) is 9.55 Å². The van der Waals surface area contributed by atoms with Crippen molar-refractivity contribution >= 4 is 48.8 Å². The minimum absolute atomic E-state index is 0.509. The maximum atomic E-state index is 6.12. The van der Waals surface area contributed by atoms with Gasteiger partial charge in [-0.2, -0.15) is 0 Å². The number of nitrogens with two attached hydrogens (primary N) is 1. The zero-order chi connectivity index (χ0) is 14.3. The molecule has 3 rings (SSSR count). The minimum atomic E-state index is 0.509. The molecule has 102 valence electrons. The van der Waals surface area contributed by atoms with Gasteiger partial charge in [0.25, 0.3) is 0 Å². The summed E-state index contributed by atoms with van der Waals surface area (Å²) in [6.45, 7) is 2.14. The normalized spacial score (nSPS) is 11.2. The first kappa shape index (κ1) is 13.6. The van der Waals surface area contributed by atoms with Crippen molar-refractivity contribution < 1.29 is 0 Å². The molecule has 1 heterocycles. The molecule has 2 N–H and O–H groups in total. The second-order valence-electron chi connectivity index (χ2n) is 4.57. The number of anilines is 1. The lowest BCUT2D eigenvalue weighted by atomic mass is 10.1. The van der Waals surface area contributed by atoms with Crippen LogP contribution in [0.5, 0.6) is 0 Å². The number of nitrogen functional groups attached to an aromatic ring is 1. The maximum absolute atomic E-state index is 6.12.